The fourth-order valence-electron chi connectivity index (χ4n) is 3.30. The Balaban J connectivity index is 1.69. The summed E-state index contributed by atoms with van der Waals surface area (Å²) in [6.45, 7) is 3.02. The number of benzene rings is 2. The summed E-state index contributed by atoms with van der Waals surface area (Å²) in [4.78, 5) is 28.9. The molecule has 0 spiro atoms. The molecular weight excluding hydrogens is 342 g/mol. The molecule has 1 fully saturated rings. The van der Waals surface area contributed by atoms with Gasteiger partial charge in [-0.2, -0.15) is 0 Å². The molecule has 6 heteroatoms. The van der Waals surface area contributed by atoms with Crippen LogP contribution >= 0.6 is 0 Å². The van der Waals surface area contributed by atoms with Crippen LogP contribution < -0.4 is 5.32 Å². The van der Waals surface area contributed by atoms with Crippen LogP contribution in [0.2, 0.25) is 0 Å². The SMILES string of the molecule is O=C(NC(c1ccccc1)c1ccccc1)C(=O)N1CCN(CCO)CC1. The zero-order chi connectivity index (χ0) is 19.1. The maximum Gasteiger partial charge on any atom is 0.311 e. The third kappa shape index (κ3) is 4.93. The predicted octanol–water partition coefficient (Wildman–Crippen LogP) is 1.03. The number of aliphatic hydroxyl groups is 1. The number of piperazine rings is 1. The van der Waals surface area contributed by atoms with Gasteiger partial charge < -0.3 is 15.3 Å². The number of amides is 2. The number of nitrogens with zero attached hydrogens (tertiary/aromatic N) is 2. The van der Waals surface area contributed by atoms with E-state index in [-0.39, 0.29) is 12.6 Å². The Hall–Kier alpha value is -2.70. The topological polar surface area (TPSA) is 72.9 Å². The lowest BCUT2D eigenvalue weighted by atomic mass is 9.98. The number of aliphatic hydroxyl groups excluding tert-OH is 1. The largest absolute Gasteiger partial charge is 0.395 e. The van der Waals surface area contributed by atoms with E-state index >= 15 is 0 Å². The minimum absolute atomic E-state index is 0.101. The first-order valence-corrected chi connectivity index (χ1v) is 9.22. The van der Waals surface area contributed by atoms with Crippen molar-refractivity contribution in [3.63, 3.8) is 0 Å². The zero-order valence-electron chi connectivity index (χ0n) is 15.3. The summed E-state index contributed by atoms with van der Waals surface area (Å²) in [7, 11) is 0. The van der Waals surface area contributed by atoms with Gasteiger partial charge >= 0.3 is 11.8 Å². The van der Waals surface area contributed by atoms with Crippen LogP contribution in [0.4, 0.5) is 0 Å². The maximum absolute atomic E-state index is 12.7. The van der Waals surface area contributed by atoms with Crippen molar-refractivity contribution in [1.82, 2.24) is 15.1 Å². The number of carbonyl (C=O) groups is 2. The first-order valence-electron chi connectivity index (χ1n) is 9.22. The Morgan fingerprint density at radius 2 is 1.41 bits per heavy atom. The van der Waals surface area contributed by atoms with Crippen LogP contribution in [0, 0.1) is 0 Å². The average molecular weight is 367 g/mol. The van der Waals surface area contributed by atoms with Crippen molar-refractivity contribution in [1.29, 1.82) is 0 Å². The lowest BCUT2D eigenvalue weighted by Crippen LogP contribution is -2.53. The molecule has 1 aliphatic rings. The van der Waals surface area contributed by atoms with Gasteiger partial charge in [-0.3, -0.25) is 14.5 Å². The van der Waals surface area contributed by atoms with E-state index in [1.165, 1.54) is 0 Å². The van der Waals surface area contributed by atoms with E-state index in [1.807, 2.05) is 60.7 Å². The van der Waals surface area contributed by atoms with E-state index in [1.54, 1.807) is 4.90 Å². The van der Waals surface area contributed by atoms with Crippen LogP contribution in [0.25, 0.3) is 0 Å². The van der Waals surface area contributed by atoms with Crippen LogP contribution in [0.1, 0.15) is 17.2 Å². The van der Waals surface area contributed by atoms with Gasteiger partial charge in [-0.05, 0) is 11.1 Å². The van der Waals surface area contributed by atoms with Gasteiger partial charge in [0.05, 0.1) is 12.6 Å². The third-order valence-corrected chi connectivity index (χ3v) is 4.81. The molecule has 2 N–H and O–H groups in total. The maximum atomic E-state index is 12.7. The summed E-state index contributed by atoms with van der Waals surface area (Å²) in [5.41, 5.74) is 1.86. The molecule has 0 saturated carbocycles. The van der Waals surface area contributed by atoms with Crippen molar-refractivity contribution >= 4 is 11.8 Å². The summed E-state index contributed by atoms with van der Waals surface area (Å²) in [6.07, 6.45) is 0. The highest BCUT2D eigenvalue weighted by Gasteiger charge is 2.28. The lowest BCUT2D eigenvalue weighted by Gasteiger charge is -2.34. The fourth-order valence-corrected chi connectivity index (χ4v) is 3.30. The molecule has 27 heavy (non-hydrogen) atoms. The van der Waals surface area contributed by atoms with E-state index in [4.69, 9.17) is 5.11 Å². The molecule has 0 radical (unpaired) electrons. The zero-order valence-corrected chi connectivity index (χ0v) is 15.3. The molecule has 0 bridgehead atoms. The molecule has 3 rings (SSSR count). The molecule has 1 aliphatic heterocycles. The summed E-state index contributed by atoms with van der Waals surface area (Å²) >= 11 is 0. The molecule has 142 valence electrons. The number of β-amino-alcohol motifs (C(OH)–C–C–N with tert-alkyl or cyclic N) is 1. The van der Waals surface area contributed by atoms with Gasteiger partial charge in [0.15, 0.2) is 0 Å². The van der Waals surface area contributed by atoms with Gasteiger partial charge in [-0.1, -0.05) is 60.7 Å². The van der Waals surface area contributed by atoms with Gasteiger partial charge in [0.25, 0.3) is 0 Å². The quantitative estimate of drug-likeness (QED) is 0.775. The molecule has 2 aromatic carbocycles. The molecule has 1 saturated heterocycles. The predicted molar refractivity (Wildman–Crippen MR) is 103 cm³/mol. The molecular formula is C21H25N3O3. The molecule has 1 heterocycles. The van der Waals surface area contributed by atoms with Gasteiger partial charge in [-0.25, -0.2) is 0 Å². The van der Waals surface area contributed by atoms with E-state index in [9.17, 15) is 9.59 Å². The smallest absolute Gasteiger partial charge is 0.311 e. The van der Waals surface area contributed by atoms with E-state index in [0.29, 0.717) is 32.7 Å². The monoisotopic (exact) mass is 367 g/mol. The van der Waals surface area contributed by atoms with Crippen LogP contribution in [0.3, 0.4) is 0 Å². The highest BCUT2D eigenvalue weighted by molar-refractivity contribution is 6.35. The second-order valence-corrected chi connectivity index (χ2v) is 6.59. The number of hydrogen-bond donors (Lipinski definition) is 2. The third-order valence-electron chi connectivity index (χ3n) is 4.81. The van der Waals surface area contributed by atoms with Crippen LogP contribution in [-0.2, 0) is 9.59 Å². The average Bonchev–Trinajstić information content (AvgIpc) is 2.73. The Bertz CT molecular complexity index is 704. The minimum Gasteiger partial charge on any atom is -0.395 e. The lowest BCUT2D eigenvalue weighted by molar-refractivity contribution is -0.147. The van der Waals surface area contributed by atoms with E-state index < -0.39 is 11.8 Å². The molecule has 0 unspecified atom stereocenters. The molecule has 2 aromatic rings. The van der Waals surface area contributed by atoms with Crippen molar-refractivity contribution < 1.29 is 14.7 Å². The highest BCUT2D eigenvalue weighted by Crippen LogP contribution is 2.21. The molecule has 6 nitrogen and oxygen atoms in total. The molecule has 0 aliphatic carbocycles. The van der Waals surface area contributed by atoms with Crippen LogP contribution in [-0.4, -0.2) is 66.1 Å². The summed E-state index contributed by atoms with van der Waals surface area (Å²) in [6, 6.07) is 18.9. The number of carbonyl (C=O) groups excluding carboxylic acids is 2. The van der Waals surface area contributed by atoms with Gasteiger partial charge in [0.1, 0.15) is 0 Å². The van der Waals surface area contributed by atoms with Gasteiger partial charge in [-0.15, -0.1) is 0 Å². The first-order chi connectivity index (χ1) is 13.2. The standard InChI is InChI=1S/C21H25N3O3/c25-16-15-23-11-13-24(14-12-23)21(27)20(26)22-19(17-7-3-1-4-8-17)18-9-5-2-6-10-18/h1-10,19,25H,11-16H2,(H,22,26). The van der Waals surface area contributed by atoms with E-state index in [2.05, 4.69) is 10.2 Å². The Morgan fingerprint density at radius 3 is 1.89 bits per heavy atom. The number of nitrogens with one attached hydrogen (secondary N) is 1. The Morgan fingerprint density at radius 1 is 0.889 bits per heavy atom. The van der Waals surface area contributed by atoms with Crippen molar-refractivity contribution in [2.75, 3.05) is 39.3 Å². The normalized spacial score (nSPS) is 15.0. The first kappa shape index (κ1) is 19.1. The summed E-state index contributed by atoms with van der Waals surface area (Å²) in [5, 5.41) is 11.9. The molecule has 2 amide bonds. The van der Waals surface area contributed by atoms with E-state index in [0.717, 1.165) is 11.1 Å². The van der Waals surface area contributed by atoms with Gasteiger partial charge in [0.2, 0.25) is 0 Å². The Labute approximate surface area is 159 Å². The molecule has 0 aromatic heterocycles. The van der Waals surface area contributed by atoms with Gasteiger partial charge in [0, 0.05) is 32.7 Å². The van der Waals surface area contributed by atoms with Crippen LogP contribution in [0.15, 0.2) is 60.7 Å². The Kier molecular flexibility index (Phi) is 6.57. The fraction of sp³-hybridized carbons (Fsp3) is 0.333. The van der Waals surface area contributed by atoms with Crippen molar-refractivity contribution in [3.8, 4) is 0 Å². The number of hydrogen-bond acceptors (Lipinski definition) is 4. The van der Waals surface area contributed by atoms with Crippen molar-refractivity contribution in [2.24, 2.45) is 0 Å². The molecule has 0 atom stereocenters. The second-order valence-electron chi connectivity index (χ2n) is 6.59. The van der Waals surface area contributed by atoms with Crippen molar-refractivity contribution in [3.05, 3.63) is 71.8 Å². The minimum atomic E-state index is -0.594. The summed E-state index contributed by atoms with van der Waals surface area (Å²) < 4.78 is 0. The second kappa shape index (κ2) is 9.30. The van der Waals surface area contributed by atoms with Crippen molar-refractivity contribution in [2.45, 2.75) is 6.04 Å². The highest BCUT2D eigenvalue weighted by atomic mass is 16.3. The number of rotatable bonds is 5. The summed E-state index contributed by atoms with van der Waals surface area (Å²) in [5.74, 6) is -1.10. The van der Waals surface area contributed by atoms with Crippen LogP contribution in [0.5, 0.6) is 0 Å².